The Hall–Kier alpha value is -0.480. The smallest absolute Gasteiger partial charge is 0.144 e. The van der Waals surface area contributed by atoms with Crippen molar-refractivity contribution >= 4 is 11.8 Å². The summed E-state index contributed by atoms with van der Waals surface area (Å²) in [7, 11) is 0. The predicted molar refractivity (Wildman–Crippen MR) is 58.4 cm³/mol. The number of thioether (sulfide) groups is 1. The molecule has 0 radical (unpaired) electrons. The van der Waals surface area contributed by atoms with Crippen molar-refractivity contribution < 1.29 is 4.52 Å². The Kier molecular flexibility index (Phi) is 3.13. The largest absolute Gasteiger partial charge is 0.361 e. The van der Waals surface area contributed by atoms with Gasteiger partial charge in [0.1, 0.15) is 5.76 Å². The van der Waals surface area contributed by atoms with Crippen molar-refractivity contribution in [1.82, 2.24) is 5.16 Å². The van der Waals surface area contributed by atoms with Crippen LogP contribution in [0.5, 0.6) is 0 Å². The molecule has 1 aromatic heterocycles. The molecule has 0 bridgehead atoms. The zero-order chi connectivity index (χ0) is 9.97. The molecule has 1 fully saturated rings. The maximum Gasteiger partial charge on any atom is 0.144 e. The van der Waals surface area contributed by atoms with Crippen molar-refractivity contribution in [2.75, 3.05) is 11.5 Å². The lowest BCUT2D eigenvalue weighted by Crippen LogP contribution is -2.10. The van der Waals surface area contributed by atoms with Crippen LogP contribution in [0, 0.1) is 6.92 Å². The normalized spacial score (nSPS) is 18.7. The molecular formula is C10H16N2OS. The monoisotopic (exact) mass is 212 g/mol. The summed E-state index contributed by atoms with van der Waals surface area (Å²) in [5.74, 6) is 4.06. The minimum Gasteiger partial charge on any atom is -0.361 e. The third-order valence-electron chi connectivity index (χ3n) is 2.81. The van der Waals surface area contributed by atoms with Gasteiger partial charge < -0.3 is 10.3 Å². The van der Waals surface area contributed by atoms with E-state index >= 15 is 0 Å². The van der Waals surface area contributed by atoms with E-state index < -0.39 is 0 Å². The van der Waals surface area contributed by atoms with Gasteiger partial charge in [0.15, 0.2) is 0 Å². The second-order valence-electron chi connectivity index (χ2n) is 3.70. The number of aryl methyl sites for hydroxylation is 1. The molecule has 0 amide bonds. The van der Waals surface area contributed by atoms with Crippen LogP contribution in [0.2, 0.25) is 0 Å². The highest BCUT2D eigenvalue weighted by atomic mass is 32.2. The van der Waals surface area contributed by atoms with Gasteiger partial charge in [0.25, 0.3) is 0 Å². The molecule has 78 valence electrons. The summed E-state index contributed by atoms with van der Waals surface area (Å²) in [5, 5.41) is 4.00. The molecule has 14 heavy (non-hydrogen) atoms. The molecule has 1 aliphatic heterocycles. The molecule has 1 saturated heterocycles. The molecule has 3 nitrogen and oxygen atoms in total. The highest BCUT2D eigenvalue weighted by Crippen LogP contribution is 2.34. The van der Waals surface area contributed by atoms with E-state index in [1.165, 1.54) is 24.3 Å². The highest BCUT2D eigenvalue weighted by Gasteiger charge is 2.23. The summed E-state index contributed by atoms with van der Waals surface area (Å²) in [6, 6.07) is 0. The van der Waals surface area contributed by atoms with Crippen LogP contribution in [0.4, 0.5) is 0 Å². The van der Waals surface area contributed by atoms with Gasteiger partial charge in [0.05, 0.1) is 5.69 Å². The molecule has 2 heterocycles. The van der Waals surface area contributed by atoms with E-state index in [0.29, 0.717) is 12.5 Å². The van der Waals surface area contributed by atoms with Crippen molar-refractivity contribution in [2.24, 2.45) is 5.73 Å². The van der Waals surface area contributed by atoms with Gasteiger partial charge in [-0.3, -0.25) is 0 Å². The van der Waals surface area contributed by atoms with Crippen LogP contribution in [-0.2, 0) is 6.54 Å². The Balaban J connectivity index is 2.21. The molecular weight excluding hydrogens is 196 g/mol. The topological polar surface area (TPSA) is 52.0 Å². The lowest BCUT2D eigenvalue weighted by molar-refractivity contribution is 0.348. The third kappa shape index (κ3) is 1.81. The van der Waals surface area contributed by atoms with Crippen LogP contribution in [0.25, 0.3) is 0 Å². The molecule has 2 N–H and O–H groups in total. The van der Waals surface area contributed by atoms with Gasteiger partial charge in [-0.25, -0.2) is 0 Å². The molecule has 1 aromatic rings. The average Bonchev–Trinajstić information content (AvgIpc) is 2.61. The first kappa shape index (κ1) is 10.1. The lowest BCUT2D eigenvalue weighted by Gasteiger charge is -2.19. The van der Waals surface area contributed by atoms with Gasteiger partial charge >= 0.3 is 0 Å². The molecule has 4 heteroatoms. The number of rotatable bonds is 2. The van der Waals surface area contributed by atoms with Gasteiger partial charge in [-0.2, -0.15) is 11.8 Å². The number of hydrogen-bond donors (Lipinski definition) is 1. The molecule has 0 unspecified atom stereocenters. The van der Waals surface area contributed by atoms with Crippen LogP contribution in [0.3, 0.4) is 0 Å². The fourth-order valence-electron chi connectivity index (χ4n) is 1.94. The Morgan fingerprint density at radius 2 is 2.21 bits per heavy atom. The van der Waals surface area contributed by atoms with E-state index in [1.807, 2.05) is 18.7 Å². The van der Waals surface area contributed by atoms with E-state index in [0.717, 1.165) is 17.0 Å². The van der Waals surface area contributed by atoms with Crippen molar-refractivity contribution in [3.8, 4) is 0 Å². The number of nitrogens with zero attached hydrogens (tertiary/aromatic N) is 1. The summed E-state index contributed by atoms with van der Waals surface area (Å²) < 4.78 is 5.39. The minimum atomic E-state index is 0.550. The van der Waals surface area contributed by atoms with Gasteiger partial charge in [-0.15, -0.1) is 0 Å². The van der Waals surface area contributed by atoms with E-state index in [4.69, 9.17) is 10.3 Å². The van der Waals surface area contributed by atoms with Gasteiger partial charge in [0, 0.05) is 18.0 Å². The second kappa shape index (κ2) is 4.36. The van der Waals surface area contributed by atoms with Gasteiger partial charge in [0.2, 0.25) is 0 Å². The maximum atomic E-state index is 5.70. The first-order chi connectivity index (χ1) is 6.83. The summed E-state index contributed by atoms with van der Waals surface area (Å²) in [5.41, 5.74) is 7.78. The molecule has 0 spiro atoms. The van der Waals surface area contributed by atoms with Crippen LogP contribution in [-0.4, -0.2) is 16.7 Å². The number of hydrogen-bond acceptors (Lipinski definition) is 4. The number of nitrogens with two attached hydrogens (primary N) is 1. The molecule has 0 saturated carbocycles. The molecule has 0 aliphatic carbocycles. The fraction of sp³-hybridized carbons (Fsp3) is 0.700. The summed E-state index contributed by atoms with van der Waals surface area (Å²) in [6.07, 6.45) is 2.40. The molecule has 1 aliphatic rings. The Morgan fingerprint density at radius 3 is 2.86 bits per heavy atom. The van der Waals surface area contributed by atoms with E-state index in [2.05, 4.69) is 5.16 Å². The second-order valence-corrected chi connectivity index (χ2v) is 4.93. The fourth-order valence-corrected chi connectivity index (χ4v) is 3.04. The first-order valence-corrected chi connectivity index (χ1v) is 6.21. The van der Waals surface area contributed by atoms with Crippen molar-refractivity contribution in [2.45, 2.75) is 32.2 Å². The van der Waals surface area contributed by atoms with E-state index in [9.17, 15) is 0 Å². The first-order valence-electron chi connectivity index (χ1n) is 5.05. The maximum absolute atomic E-state index is 5.70. The van der Waals surface area contributed by atoms with Gasteiger partial charge in [-0.05, 0) is 31.3 Å². The molecule has 0 atom stereocenters. The SMILES string of the molecule is Cc1noc(C2CCSCC2)c1CN. The highest BCUT2D eigenvalue weighted by molar-refractivity contribution is 7.99. The standard InChI is InChI=1S/C10H16N2OS/c1-7-9(6-11)10(13-12-7)8-2-4-14-5-3-8/h8H,2-6,11H2,1H3. The van der Waals surface area contributed by atoms with Crippen molar-refractivity contribution in [1.29, 1.82) is 0 Å². The number of aromatic nitrogens is 1. The average molecular weight is 212 g/mol. The van der Waals surface area contributed by atoms with Crippen molar-refractivity contribution in [3.05, 3.63) is 17.0 Å². The van der Waals surface area contributed by atoms with E-state index in [1.54, 1.807) is 0 Å². The molecule has 0 aromatic carbocycles. The zero-order valence-electron chi connectivity index (χ0n) is 8.45. The predicted octanol–water partition coefficient (Wildman–Crippen LogP) is 2.05. The minimum absolute atomic E-state index is 0.550. The van der Waals surface area contributed by atoms with Crippen molar-refractivity contribution in [3.63, 3.8) is 0 Å². The summed E-state index contributed by atoms with van der Waals surface area (Å²) in [6.45, 7) is 2.51. The van der Waals surface area contributed by atoms with Crippen LogP contribution < -0.4 is 5.73 Å². The van der Waals surface area contributed by atoms with Gasteiger partial charge in [-0.1, -0.05) is 5.16 Å². The zero-order valence-corrected chi connectivity index (χ0v) is 9.27. The Labute approximate surface area is 88.4 Å². The summed E-state index contributed by atoms with van der Waals surface area (Å²) in [4.78, 5) is 0. The Morgan fingerprint density at radius 1 is 1.50 bits per heavy atom. The Bertz CT molecular complexity index is 305. The van der Waals surface area contributed by atoms with Crippen LogP contribution >= 0.6 is 11.8 Å². The van der Waals surface area contributed by atoms with Crippen LogP contribution in [0.1, 0.15) is 35.8 Å². The summed E-state index contributed by atoms with van der Waals surface area (Å²) >= 11 is 2.02. The van der Waals surface area contributed by atoms with Crippen LogP contribution in [0.15, 0.2) is 4.52 Å². The van der Waals surface area contributed by atoms with E-state index in [-0.39, 0.29) is 0 Å². The lowest BCUT2D eigenvalue weighted by atomic mass is 9.96. The third-order valence-corrected chi connectivity index (χ3v) is 3.86. The molecule has 2 rings (SSSR count). The quantitative estimate of drug-likeness (QED) is 0.815.